The van der Waals surface area contributed by atoms with Crippen molar-refractivity contribution in [1.29, 1.82) is 0 Å². The van der Waals surface area contributed by atoms with Crippen LogP contribution in [0.4, 0.5) is 11.4 Å². The number of amides is 2. The highest BCUT2D eigenvalue weighted by atomic mass is 32.1. The van der Waals surface area contributed by atoms with E-state index >= 15 is 0 Å². The minimum Gasteiger partial charge on any atom is -0.495 e. The molecular weight excluding hydrogens is 464 g/mol. The molecule has 2 amide bonds. The van der Waals surface area contributed by atoms with Gasteiger partial charge in [0.2, 0.25) is 5.91 Å². The topological polar surface area (TPSA) is 102 Å². The smallest absolute Gasteiger partial charge is 0.266 e. The normalized spacial score (nSPS) is 10.9. The summed E-state index contributed by atoms with van der Waals surface area (Å²) in [6, 6.07) is 11.2. The fourth-order valence-electron chi connectivity index (χ4n) is 3.89. The number of carbonyl (C=O) groups excluding carboxylic acids is 2. The summed E-state index contributed by atoms with van der Waals surface area (Å²) < 4.78 is 6.54. The molecule has 2 N–H and O–H groups in total. The molecule has 0 saturated carbocycles. The number of anilines is 2. The van der Waals surface area contributed by atoms with E-state index in [0.717, 1.165) is 28.0 Å². The van der Waals surface area contributed by atoms with E-state index in [-0.39, 0.29) is 18.0 Å². The number of methoxy groups -OCH3 is 1. The van der Waals surface area contributed by atoms with Gasteiger partial charge in [-0.05, 0) is 62.6 Å². The Bertz CT molecular complexity index is 1520. The van der Waals surface area contributed by atoms with Gasteiger partial charge in [0.1, 0.15) is 17.1 Å². The Hall–Kier alpha value is -3.98. The lowest BCUT2D eigenvalue weighted by molar-refractivity contribution is -0.116. The van der Waals surface area contributed by atoms with Gasteiger partial charge < -0.3 is 15.4 Å². The van der Waals surface area contributed by atoms with Gasteiger partial charge in [-0.3, -0.25) is 19.0 Å². The van der Waals surface area contributed by atoms with Crippen molar-refractivity contribution in [2.24, 2.45) is 0 Å². The predicted octanol–water partition coefficient (Wildman–Crippen LogP) is 4.59. The summed E-state index contributed by atoms with van der Waals surface area (Å²) in [6.07, 6.45) is 1.33. The van der Waals surface area contributed by atoms with E-state index in [1.165, 1.54) is 18.0 Å². The van der Waals surface area contributed by atoms with E-state index in [2.05, 4.69) is 15.6 Å². The average molecular weight is 491 g/mol. The lowest BCUT2D eigenvalue weighted by atomic mass is 10.1. The highest BCUT2D eigenvalue weighted by Crippen LogP contribution is 2.28. The molecule has 35 heavy (non-hydrogen) atoms. The molecule has 2 heterocycles. The number of nitrogens with zero attached hydrogens (tertiary/aromatic N) is 2. The maximum absolute atomic E-state index is 13.2. The van der Waals surface area contributed by atoms with Gasteiger partial charge in [-0.15, -0.1) is 11.3 Å². The molecule has 0 aliphatic carbocycles. The van der Waals surface area contributed by atoms with Crippen molar-refractivity contribution in [1.82, 2.24) is 9.55 Å². The van der Waals surface area contributed by atoms with Gasteiger partial charge in [0, 0.05) is 5.69 Å². The fourth-order valence-corrected chi connectivity index (χ4v) is 4.92. The Morgan fingerprint density at radius 1 is 1.00 bits per heavy atom. The molecule has 180 valence electrons. The number of ether oxygens (including phenoxy) is 1. The van der Waals surface area contributed by atoms with Crippen LogP contribution in [-0.2, 0) is 11.3 Å². The second-order valence-electron chi connectivity index (χ2n) is 8.44. The number of carbonyl (C=O) groups is 2. The van der Waals surface area contributed by atoms with Gasteiger partial charge in [0.15, 0.2) is 0 Å². The van der Waals surface area contributed by atoms with Gasteiger partial charge in [0.05, 0.1) is 29.4 Å². The van der Waals surface area contributed by atoms with Crippen LogP contribution in [0.15, 0.2) is 47.5 Å². The third-order valence-electron chi connectivity index (χ3n) is 5.70. The molecule has 0 spiro atoms. The number of aryl methyl sites for hydroxylation is 4. The van der Waals surface area contributed by atoms with Gasteiger partial charge in [-0.1, -0.05) is 23.8 Å². The fraction of sp³-hybridized carbons (Fsp3) is 0.231. The summed E-state index contributed by atoms with van der Waals surface area (Å²) >= 11 is 1.16. The molecule has 0 aliphatic heterocycles. The quantitative estimate of drug-likeness (QED) is 0.412. The molecule has 9 heteroatoms. The van der Waals surface area contributed by atoms with Crippen molar-refractivity contribution < 1.29 is 14.3 Å². The number of hydrogen-bond acceptors (Lipinski definition) is 6. The van der Waals surface area contributed by atoms with Gasteiger partial charge in [0.25, 0.3) is 11.5 Å². The maximum atomic E-state index is 13.2. The van der Waals surface area contributed by atoms with Crippen molar-refractivity contribution in [3.63, 3.8) is 0 Å². The Kier molecular flexibility index (Phi) is 6.70. The zero-order chi connectivity index (χ0) is 25.3. The largest absolute Gasteiger partial charge is 0.495 e. The number of fused-ring (bicyclic) bond motifs is 1. The van der Waals surface area contributed by atoms with Crippen molar-refractivity contribution in [2.45, 2.75) is 34.2 Å². The van der Waals surface area contributed by atoms with Crippen molar-refractivity contribution in [3.8, 4) is 5.75 Å². The molecule has 0 radical (unpaired) electrons. The molecule has 2 aromatic heterocycles. The van der Waals surface area contributed by atoms with E-state index in [1.807, 2.05) is 45.0 Å². The molecule has 8 nitrogen and oxygen atoms in total. The number of thiophene rings is 1. The Labute approximate surface area is 206 Å². The first-order valence-electron chi connectivity index (χ1n) is 11.0. The van der Waals surface area contributed by atoms with Gasteiger partial charge in [-0.25, -0.2) is 4.98 Å². The van der Waals surface area contributed by atoms with E-state index in [1.54, 1.807) is 19.1 Å². The molecule has 0 saturated heterocycles. The van der Waals surface area contributed by atoms with Crippen molar-refractivity contribution in [2.75, 3.05) is 17.7 Å². The van der Waals surface area contributed by atoms with Gasteiger partial charge >= 0.3 is 0 Å². The Morgan fingerprint density at radius 3 is 2.43 bits per heavy atom. The number of hydrogen-bond donors (Lipinski definition) is 2. The van der Waals surface area contributed by atoms with Crippen LogP contribution < -0.4 is 20.9 Å². The lowest BCUT2D eigenvalue weighted by Gasteiger charge is -2.11. The van der Waals surface area contributed by atoms with Crippen LogP contribution in [0.3, 0.4) is 0 Å². The SMILES string of the molecule is COc1ccc(C)cc1NC(=O)Cn1cnc2sc(C(=O)Nc3ccc(C)cc3C)c(C)c2c1=O. The summed E-state index contributed by atoms with van der Waals surface area (Å²) in [4.78, 5) is 44.1. The summed E-state index contributed by atoms with van der Waals surface area (Å²) in [5.41, 5.74) is 4.42. The Balaban J connectivity index is 1.59. The second kappa shape index (κ2) is 9.71. The lowest BCUT2D eigenvalue weighted by Crippen LogP contribution is -2.28. The zero-order valence-electron chi connectivity index (χ0n) is 20.2. The second-order valence-corrected chi connectivity index (χ2v) is 9.44. The van der Waals surface area contributed by atoms with E-state index in [9.17, 15) is 14.4 Å². The number of nitrogens with one attached hydrogen (secondary N) is 2. The molecule has 0 bridgehead atoms. The molecule has 0 aliphatic rings. The van der Waals surface area contributed by atoms with Crippen molar-refractivity contribution in [3.05, 3.63) is 80.2 Å². The predicted molar refractivity (Wildman–Crippen MR) is 139 cm³/mol. The first-order valence-corrected chi connectivity index (χ1v) is 11.8. The number of benzene rings is 2. The maximum Gasteiger partial charge on any atom is 0.266 e. The van der Waals surface area contributed by atoms with Crippen LogP contribution in [-0.4, -0.2) is 28.5 Å². The van der Waals surface area contributed by atoms with E-state index in [4.69, 9.17) is 4.74 Å². The molecule has 4 rings (SSSR count). The third kappa shape index (κ3) is 4.95. The van der Waals surface area contributed by atoms with Crippen LogP contribution in [0.5, 0.6) is 5.75 Å². The minimum atomic E-state index is -0.391. The first-order chi connectivity index (χ1) is 16.7. The highest BCUT2D eigenvalue weighted by Gasteiger charge is 2.21. The molecule has 0 atom stereocenters. The van der Waals surface area contributed by atoms with E-state index < -0.39 is 5.91 Å². The Morgan fingerprint density at radius 2 is 1.71 bits per heavy atom. The number of rotatable bonds is 6. The highest BCUT2D eigenvalue weighted by molar-refractivity contribution is 7.20. The van der Waals surface area contributed by atoms with Crippen LogP contribution in [0, 0.1) is 27.7 Å². The number of aromatic nitrogens is 2. The third-order valence-corrected chi connectivity index (χ3v) is 6.90. The summed E-state index contributed by atoms with van der Waals surface area (Å²) in [7, 11) is 1.52. The summed E-state index contributed by atoms with van der Waals surface area (Å²) in [5.74, 6) is -0.163. The average Bonchev–Trinajstić information content (AvgIpc) is 3.15. The standard InChI is InChI=1S/C26H26N4O4S/c1-14-6-8-18(16(3)10-14)29-24(32)23-17(4)22-25(35-23)27-13-30(26(22)33)12-21(31)28-19-11-15(2)7-9-20(19)34-5/h6-11,13H,12H2,1-5H3,(H,28,31)(H,29,32). The van der Waals surface area contributed by atoms with Crippen LogP contribution >= 0.6 is 11.3 Å². The van der Waals surface area contributed by atoms with E-state index in [0.29, 0.717) is 37.8 Å². The van der Waals surface area contributed by atoms with Crippen molar-refractivity contribution >= 4 is 44.7 Å². The first kappa shape index (κ1) is 24.2. The molecule has 2 aromatic carbocycles. The monoisotopic (exact) mass is 490 g/mol. The molecule has 0 unspecified atom stereocenters. The molecule has 0 fully saturated rings. The van der Waals surface area contributed by atoms with Crippen LogP contribution in [0.2, 0.25) is 0 Å². The van der Waals surface area contributed by atoms with Crippen LogP contribution in [0.1, 0.15) is 31.9 Å². The summed E-state index contributed by atoms with van der Waals surface area (Å²) in [5, 5.41) is 6.05. The minimum absolute atomic E-state index is 0.224. The summed E-state index contributed by atoms with van der Waals surface area (Å²) in [6.45, 7) is 7.32. The van der Waals surface area contributed by atoms with Gasteiger partial charge in [-0.2, -0.15) is 0 Å². The molecule has 4 aromatic rings. The molecular formula is C26H26N4O4S. The zero-order valence-corrected chi connectivity index (χ0v) is 21.0. The van der Waals surface area contributed by atoms with Crippen LogP contribution in [0.25, 0.3) is 10.2 Å².